The third-order valence-electron chi connectivity index (χ3n) is 2.36. The molecular formula is C11H11N3O2. The van der Waals surface area contributed by atoms with Gasteiger partial charge in [-0.25, -0.2) is 9.97 Å². The van der Waals surface area contributed by atoms with E-state index >= 15 is 0 Å². The van der Waals surface area contributed by atoms with Crippen LogP contribution >= 0.6 is 0 Å². The Morgan fingerprint density at radius 2 is 2.38 bits per heavy atom. The monoisotopic (exact) mass is 217 g/mol. The number of hydrogen-bond donors (Lipinski definition) is 2. The largest absolute Gasteiger partial charge is 0.481 e. The van der Waals surface area contributed by atoms with E-state index in [9.17, 15) is 4.79 Å². The van der Waals surface area contributed by atoms with E-state index in [1.165, 1.54) is 6.33 Å². The van der Waals surface area contributed by atoms with Gasteiger partial charge >= 0.3 is 5.97 Å². The van der Waals surface area contributed by atoms with E-state index in [-0.39, 0.29) is 12.3 Å². The summed E-state index contributed by atoms with van der Waals surface area (Å²) in [4.78, 5) is 21.7. The first-order valence-corrected chi connectivity index (χ1v) is 4.88. The lowest BCUT2D eigenvalue weighted by Gasteiger charge is -2.12. The van der Waals surface area contributed by atoms with Gasteiger partial charge in [-0.1, -0.05) is 0 Å². The number of hydrogen-bond acceptors (Lipinski definition) is 3. The zero-order valence-electron chi connectivity index (χ0n) is 8.50. The van der Waals surface area contributed by atoms with Gasteiger partial charge in [0, 0.05) is 24.5 Å². The molecule has 0 saturated carbocycles. The van der Waals surface area contributed by atoms with E-state index in [4.69, 9.17) is 5.11 Å². The van der Waals surface area contributed by atoms with Crippen molar-refractivity contribution in [2.45, 2.75) is 12.3 Å². The van der Waals surface area contributed by atoms with Crippen molar-refractivity contribution in [3.05, 3.63) is 48.3 Å². The Balaban J connectivity index is 2.32. The number of carbonyl (C=O) groups is 1. The van der Waals surface area contributed by atoms with Crippen LogP contribution in [0, 0.1) is 0 Å². The van der Waals surface area contributed by atoms with Crippen molar-refractivity contribution in [2.75, 3.05) is 0 Å². The van der Waals surface area contributed by atoms with Crippen LogP contribution in [0.15, 0.2) is 37.1 Å². The fourth-order valence-electron chi connectivity index (χ4n) is 1.63. The van der Waals surface area contributed by atoms with Crippen LogP contribution < -0.4 is 0 Å². The van der Waals surface area contributed by atoms with Gasteiger partial charge in [-0.2, -0.15) is 0 Å². The molecule has 2 aromatic rings. The van der Waals surface area contributed by atoms with Crippen LogP contribution in [-0.4, -0.2) is 26.0 Å². The number of aromatic nitrogens is 3. The number of rotatable bonds is 4. The number of nitrogens with one attached hydrogen (secondary N) is 1. The van der Waals surface area contributed by atoms with Gasteiger partial charge in [-0.3, -0.25) is 4.79 Å². The van der Waals surface area contributed by atoms with E-state index in [1.54, 1.807) is 24.7 Å². The second kappa shape index (κ2) is 4.57. The molecule has 0 radical (unpaired) electrons. The minimum atomic E-state index is -0.843. The lowest BCUT2D eigenvalue weighted by molar-refractivity contribution is -0.137. The summed E-state index contributed by atoms with van der Waals surface area (Å²) in [6, 6.07) is 3.59. The Bertz CT molecular complexity index is 453. The second-order valence-corrected chi connectivity index (χ2v) is 3.43. The summed E-state index contributed by atoms with van der Waals surface area (Å²) >= 11 is 0. The maximum Gasteiger partial charge on any atom is 0.304 e. The predicted molar refractivity (Wildman–Crippen MR) is 56.9 cm³/mol. The average molecular weight is 217 g/mol. The first-order chi connectivity index (χ1) is 7.77. The van der Waals surface area contributed by atoms with Gasteiger partial charge in [-0.05, 0) is 17.7 Å². The molecule has 2 heterocycles. The highest BCUT2D eigenvalue weighted by Crippen LogP contribution is 2.25. The first kappa shape index (κ1) is 10.4. The second-order valence-electron chi connectivity index (χ2n) is 3.43. The predicted octanol–water partition coefficient (Wildman–Crippen LogP) is 1.41. The molecule has 5 heteroatoms. The molecule has 0 aromatic carbocycles. The van der Waals surface area contributed by atoms with Crippen molar-refractivity contribution < 1.29 is 9.90 Å². The van der Waals surface area contributed by atoms with Crippen LogP contribution in [-0.2, 0) is 4.79 Å². The van der Waals surface area contributed by atoms with E-state index < -0.39 is 5.97 Å². The normalized spacial score (nSPS) is 12.2. The molecule has 16 heavy (non-hydrogen) atoms. The van der Waals surface area contributed by atoms with Gasteiger partial charge in [0.15, 0.2) is 0 Å². The summed E-state index contributed by atoms with van der Waals surface area (Å²) in [7, 11) is 0. The van der Waals surface area contributed by atoms with Gasteiger partial charge in [0.25, 0.3) is 0 Å². The summed E-state index contributed by atoms with van der Waals surface area (Å²) in [5, 5.41) is 8.89. The molecule has 0 aliphatic rings. The van der Waals surface area contributed by atoms with Crippen molar-refractivity contribution in [1.29, 1.82) is 0 Å². The van der Waals surface area contributed by atoms with Gasteiger partial charge < -0.3 is 10.1 Å². The van der Waals surface area contributed by atoms with Gasteiger partial charge in [-0.15, -0.1) is 0 Å². The summed E-state index contributed by atoms with van der Waals surface area (Å²) in [6.45, 7) is 0. The zero-order valence-corrected chi connectivity index (χ0v) is 8.50. The number of carboxylic acids is 1. The van der Waals surface area contributed by atoms with E-state index in [2.05, 4.69) is 15.0 Å². The van der Waals surface area contributed by atoms with E-state index in [0.29, 0.717) is 0 Å². The lowest BCUT2D eigenvalue weighted by Crippen LogP contribution is -2.08. The Morgan fingerprint density at radius 1 is 1.50 bits per heavy atom. The Kier molecular flexibility index (Phi) is 2.95. The van der Waals surface area contributed by atoms with Crippen molar-refractivity contribution in [1.82, 2.24) is 15.0 Å². The molecule has 2 N–H and O–H groups in total. The Hall–Kier alpha value is -2.17. The number of aliphatic carboxylic acids is 1. The van der Waals surface area contributed by atoms with E-state index in [0.717, 1.165) is 11.3 Å². The molecule has 2 aromatic heterocycles. The fourth-order valence-corrected chi connectivity index (χ4v) is 1.63. The molecule has 1 unspecified atom stereocenters. The summed E-state index contributed by atoms with van der Waals surface area (Å²) in [5.41, 5.74) is 1.64. The minimum absolute atomic E-state index is 0.0227. The molecule has 0 aliphatic heterocycles. The molecule has 0 aliphatic carbocycles. The van der Waals surface area contributed by atoms with Crippen LogP contribution in [0.4, 0.5) is 0 Å². The smallest absolute Gasteiger partial charge is 0.304 e. The first-order valence-electron chi connectivity index (χ1n) is 4.88. The summed E-state index contributed by atoms with van der Waals surface area (Å²) in [5.74, 6) is -1.07. The number of nitrogens with zero attached hydrogens (tertiary/aromatic N) is 2. The zero-order chi connectivity index (χ0) is 11.4. The third kappa shape index (κ3) is 2.25. The average Bonchev–Trinajstić information content (AvgIpc) is 2.80. The molecule has 5 nitrogen and oxygen atoms in total. The molecule has 0 fully saturated rings. The summed E-state index contributed by atoms with van der Waals surface area (Å²) < 4.78 is 0. The van der Waals surface area contributed by atoms with Crippen molar-refractivity contribution in [3.63, 3.8) is 0 Å². The quantitative estimate of drug-likeness (QED) is 0.811. The van der Waals surface area contributed by atoms with Crippen molar-refractivity contribution in [2.24, 2.45) is 0 Å². The van der Waals surface area contributed by atoms with Crippen LogP contribution in [0.25, 0.3) is 0 Å². The van der Waals surface area contributed by atoms with E-state index in [1.807, 2.05) is 6.07 Å². The Morgan fingerprint density at radius 3 is 2.94 bits per heavy atom. The SMILES string of the molecule is O=C(O)CC(c1cc[nH]c1)c1ccncn1. The van der Waals surface area contributed by atoms with Crippen LogP contribution in [0.2, 0.25) is 0 Å². The van der Waals surface area contributed by atoms with Crippen LogP contribution in [0.5, 0.6) is 0 Å². The third-order valence-corrected chi connectivity index (χ3v) is 2.36. The molecule has 0 saturated heterocycles. The van der Waals surface area contributed by atoms with Crippen LogP contribution in [0.1, 0.15) is 23.6 Å². The topological polar surface area (TPSA) is 78.9 Å². The summed E-state index contributed by atoms with van der Waals surface area (Å²) in [6.07, 6.45) is 6.62. The van der Waals surface area contributed by atoms with Crippen LogP contribution in [0.3, 0.4) is 0 Å². The molecule has 2 rings (SSSR count). The highest BCUT2D eigenvalue weighted by Gasteiger charge is 2.19. The number of H-pyrrole nitrogens is 1. The molecular weight excluding hydrogens is 206 g/mol. The Labute approximate surface area is 92.2 Å². The number of carboxylic acid groups (broad SMARTS) is 1. The highest BCUT2D eigenvalue weighted by atomic mass is 16.4. The molecule has 0 amide bonds. The lowest BCUT2D eigenvalue weighted by atomic mass is 9.94. The molecule has 0 spiro atoms. The highest BCUT2D eigenvalue weighted by molar-refractivity contribution is 5.68. The van der Waals surface area contributed by atoms with Gasteiger partial charge in [0.05, 0.1) is 12.1 Å². The maximum atomic E-state index is 10.8. The fraction of sp³-hybridized carbons (Fsp3) is 0.182. The molecule has 82 valence electrons. The molecule has 0 bridgehead atoms. The molecule has 1 atom stereocenters. The van der Waals surface area contributed by atoms with Gasteiger partial charge in [0.2, 0.25) is 0 Å². The van der Waals surface area contributed by atoms with Crippen molar-refractivity contribution >= 4 is 5.97 Å². The number of aromatic amines is 1. The van der Waals surface area contributed by atoms with Crippen molar-refractivity contribution in [3.8, 4) is 0 Å². The minimum Gasteiger partial charge on any atom is -0.481 e. The maximum absolute atomic E-state index is 10.8. The standard InChI is InChI=1S/C11H11N3O2/c15-11(16)5-9(8-1-3-12-6-8)10-2-4-13-7-14-10/h1-4,6-7,9,12H,5H2,(H,15,16). The van der Waals surface area contributed by atoms with Gasteiger partial charge in [0.1, 0.15) is 6.33 Å².